The normalized spacial score (nSPS) is 25.8. The molecule has 5 heteroatoms. The molecular formula is C16H21BrN2O2. The van der Waals surface area contributed by atoms with Crippen molar-refractivity contribution < 1.29 is 9.53 Å². The van der Waals surface area contributed by atoms with Crippen LogP contribution >= 0.6 is 15.9 Å². The summed E-state index contributed by atoms with van der Waals surface area (Å²) in [7, 11) is 0. The van der Waals surface area contributed by atoms with Gasteiger partial charge in [-0.15, -0.1) is 0 Å². The maximum Gasteiger partial charge on any atom is 0.263 e. The summed E-state index contributed by atoms with van der Waals surface area (Å²) in [5, 5.41) is 3.39. The van der Waals surface area contributed by atoms with Crippen LogP contribution in [0.25, 0.3) is 0 Å². The number of rotatable bonds is 3. The molecule has 3 rings (SSSR count). The lowest BCUT2D eigenvalue weighted by Gasteiger charge is -2.23. The highest BCUT2D eigenvalue weighted by Crippen LogP contribution is 2.29. The number of amides is 1. The Hall–Kier alpha value is -1.07. The number of benzene rings is 1. The van der Waals surface area contributed by atoms with Crippen LogP contribution in [-0.4, -0.2) is 43.1 Å². The number of carbonyl (C=O) groups is 1. The van der Waals surface area contributed by atoms with Crippen LogP contribution in [0.3, 0.4) is 0 Å². The summed E-state index contributed by atoms with van der Waals surface area (Å²) >= 11 is 3.49. The molecule has 1 aromatic rings. The lowest BCUT2D eigenvalue weighted by atomic mass is 10.0. The Morgan fingerprint density at radius 2 is 2.05 bits per heavy atom. The lowest BCUT2D eigenvalue weighted by molar-refractivity contribution is -0.137. The average Bonchev–Trinajstić information content (AvgIpc) is 3.01. The standard InChI is InChI=1S/C16H21BrN2O2/c1-10-3-4-15(14(17)5-10)21-11(2)16(20)19-8-12-6-18-7-13(12)9-19/h3-5,11-13,18H,6-9H2,1-2H3/t11?,12-,13+. The molecule has 2 saturated heterocycles. The van der Waals surface area contributed by atoms with Crippen LogP contribution < -0.4 is 10.1 Å². The number of fused-ring (bicyclic) bond motifs is 1. The molecule has 1 amide bonds. The van der Waals surface area contributed by atoms with Gasteiger partial charge in [0.15, 0.2) is 6.10 Å². The Bertz CT molecular complexity index is 537. The highest BCUT2D eigenvalue weighted by molar-refractivity contribution is 9.10. The third-order valence-electron chi connectivity index (χ3n) is 4.44. The second-order valence-corrected chi connectivity index (χ2v) is 6.97. The van der Waals surface area contributed by atoms with Crippen molar-refractivity contribution in [2.45, 2.75) is 20.0 Å². The Kier molecular flexibility index (Phi) is 4.22. The topological polar surface area (TPSA) is 41.6 Å². The number of ether oxygens (including phenoxy) is 1. The maximum atomic E-state index is 12.5. The minimum Gasteiger partial charge on any atom is -0.480 e. The smallest absolute Gasteiger partial charge is 0.263 e. The molecule has 0 bridgehead atoms. The summed E-state index contributed by atoms with van der Waals surface area (Å²) in [4.78, 5) is 14.5. The first-order valence-corrected chi connectivity index (χ1v) is 8.26. The van der Waals surface area contributed by atoms with Crippen LogP contribution in [0.5, 0.6) is 5.75 Å². The van der Waals surface area contributed by atoms with Crippen LogP contribution in [0.4, 0.5) is 0 Å². The number of likely N-dealkylation sites (tertiary alicyclic amines) is 1. The zero-order valence-electron chi connectivity index (χ0n) is 12.4. The monoisotopic (exact) mass is 352 g/mol. The fourth-order valence-corrected chi connectivity index (χ4v) is 3.82. The van der Waals surface area contributed by atoms with E-state index in [1.54, 1.807) is 0 Å². The van der Waals surface area contributed by atoms with Crippen LogP contribution in [-0.2, 0) is 4.79 Å². The SMILES string of the molecule is Cc1ccc(OC(C)C(=O)N2C[C@H]3CNC[C@H]3C2)c(Br)c1. The van der Waals surface area contributed by atoms with Gasteiger partial charge in [0, 0.05) is 26.2 Å². The Morgan fingerprint density at radius 3 is 2.67 bits per heavy atom. The highest BCUT2D eigenvalue weighted by Gasteiger charge is 2.39. The molecule has 2 heterocycles. The predicted molar refractivity (Wildman–Crippen MR) is 85.4 cm³/mol. The van der Waals surface area contributed by atoms with E-state index < -0.39 is 6.10 Å². The molecule has 0 aromatic heterocycles. The number of carbonyl (C=O) groups excluding carboxylic acids is 1. The Labute approximate surface area is 134 Å². The van der Waals surface area contributed by atoms with Crippen LogP contribution in [0.15, 0.2) is 22.7 Å². The number of nitrogens with zero attached hydrogens (tertiary/aromatic N) is 1. The average molecular weight is 353 g/mol. The second kappa shape index (κ2) is 5.97. The van der Waals surface area contributed by atoms with Gasteiger partial charge in [-0.1, -0.05) is 6.07 Å². The van der Waals surface area contributed by atoms with Crippen molar-refractivity contribution in [2.24, 2.45) is 11.8 Å². The van der Waals surface area contributed by atoms with E-state index in [1.807, 2.05) is 36.9 Å². The van der Waals surface area contributed by atoms with Gasteiger partial charge in [-0.3, -0.25) is 4.79 Å². The molecule has 2 fully saturated rings. The molecule has 0 spiro atoms. The van der Waals surface area contributed by atoms with E-state index in [2.05, 4.69) is 21.2 Å². The number of nitrogens with one attached hydrogen (secondary N) is 1. The molecule has 4 nitrogen and oxygen atoms in total. The van der Waals surface area contributed by atoms with Crippen molar-refractivity contribution >= 4 is 21.8 Å². The summed E-state index contributed by atoms with van der Waals surface area (Å²) in [6.45, 7) is 7.65. The van der Waals surface area contributed by atoms with E-state index in [0.717, 1.165) is 42.0 Å². The van der Waals surface area contributed by atoms with E-state index in [9.17, 15) is 4.79 Å². The first kappa shape index (κ1) is 14.9. The van der Waals surface area contributed by atoms with Gasteiger partial charge in [0.2, 0.25) is 0 Å². The lowest BCUT2D eigenvalue weighted by Crippen LogP contribution is -2.40. The van der Waals surface area contributed by atoms with Gasteiger partial charge in [0.25, 0.3) is 5.91 Å². The van der Waals surface area contributed by atoms with Crippen molar-refractivity contribution in [3.8, 4) is 5.75 Å². The first-order valence-electron chi connectivity index (χ1n) is 7.47. The Morgan fingerprint density at radius 1 is 1.38 bits per heavy atom. The van der Waals surface area contributed by atoms with Crippen molar-refractivity contribution in [3.05, 3.63) is 28.2 Å². The third kappa shape index (κ3) is 3.09. The van der Waals surface area contributed by atoms with E-state index >= 15 is 0 Å². The van der Waals surface area contributed by atoms with Gasteiger partial charge in [-0.2, -0.15) is 0 Å². The number of hydrogen-bond donors (Lipinski definition) is 1. The van der Waals surface area contributed by atoms with Crippen molar-refractivity contribution in [1.29, 1.82) is 0 Å². The largest absolute Gasteiger partial charge is 0.480 e. The fraction of sp³-hybridized carbons (Fsp3) is 0.562. The third-order valence-corrected chi connectivity index (χ3v) is 5.06. The second-order valence-electron chi connectivity index (χ2n) is 6.12. The molecular weight excluding hydrogens is 332 g/mol. The Balaban J connectivity index is 1.62. The number of hydrogen-bond acceptors (Lipinski definition) is 3. The van der Waals surface area contributed by atoms with Gasteiger partial charge in [-0.25, -0.2) is 0 Å². The molecule has 1 unspecified atom stereocenters. The van der Waals surface area contributed by atoms with Gasteiger partial charge >= 0.3 is 0 Å². The van der Waals surface area contributed by atoms with Gasteiger partial charge in [0.05, 0.1) is 4.47 Å². The van der Waals surface area contributed by atoms with Crippen molar-refractivity contribution in [1.82, 2.24) is 10.2 Å². The van der Waals surface area contributed by atoms with E-state index in [-0.39, 0.29) is 5.91 Å². The minimum absolute atomic E-state index is 0.0943. The van der Waals surface area contributed by atoms with E-state index in [0.29, 0.717) is 11.8 Å². The molecule has 3 atom stereocenters. The number of aryl methyl sites for hydroxylation is 1. The molecule has 114 valence electrons. The van der Waals surface area contributed by atoms with Crippen LogP contribution in [0.2, 0.25) is 0 Å². The summed E-state index contributed by atoms with van der Waals surface area (Å²) in [6, 6.07) is 5.90. The molecule has 0 aliphatic carbocycles. The van der Waals surface area contributed by atoms with E-state index in [4.69, 9.17) is 4.74 Å². The zero-order valence-corrected chi connectivity index (χ0v) is 14.0. The summed E-state index contributed by atoms with van der Waals surface area (Å²) in [6.07, 6.45) is -0.448. The maximum absolute atomic E-state index is 12.5. The molecule has 2 aliphatic heterocycles. The first-order chi connectivity index (χ1) is 10.0. The van der Waals surface area contributed by atoms with E-state index in [1.165, 1.54) is 0 Å². The van der Waals surface area contributed by atoms with Gasteiger partial charge in [0.1, 0.15) is 5.75 Å². The van der Waals surface area contributed by atoms with Gasteiger partial charge in [-0.05, 0) is 59.3 Å². The number of halogens is 1. The molecule has 0 radical (unpaired) electrons. The summed E-state index contributed by atoms with van der Waals surface area (Å²) in [5.74, 6) is 2.05. The fourth-order valence-electron chi connectivity index (χ4n) is 3.23. The highest BCUT2D eigenvalue weighted by atomic mass is 79.9. The predicted octanol–water partition coefficient (Wildman–Crippen LogP) is 2.20. The minimum atomic E-state index is -0.448. The molecule has 21 heavy (non-hydrogen) atoms. The molecule has 1 N–H and O–H groups in total. The quantitative estimate of drug-likeness (QED) is 0.906. The van der Waals surface area contributed by atoms with Crippen molar-refractivity contribution in [2.75, 3.05) is 26.2 Å². The zero-order chi connectivity index (χ0) is 15.0. The molecule has 1 aromatic carbocycles. The van der Waals surface area contributed by atoms with Crippen molar-refractivity contribution in [3.63, 3.8) is 0 Å². The summed E-state index contributed by atoms with van der Waals surface area (Å²) in [5.41, 5.74) is 1.16. The molecule has 2 aliphatic rings. The van der Waals surface area contributed by atoms with Gasteiger partial charge < -0.3 is 15.0 Å². The summed E-state index contributed by atoms with van der Waals surface area (Å²) < 4.78 is 6.74. The molecule has 0 saturated carbocycles. The van der Waals surface area contributed by atoms with Crippen LogP contribution in [0, 0.1) is 18.8 Å². The van der Waals surface area contributed by atoms with Crippen LogP contribution in [0.1, 0.15) is 12.5 Å².